The van der Waals surface area contributed by atoms with E-state index in [9.17, 15) is 9.50 Å². The first-order valence-corrected chi connectivity index (χ1v) is 3.20. The Kier molecular flexibility index (Phi) is 1.73. The standard InChI is InChI=1S/C6H12FNO/c1-6(9)4-8-3-2-5(6)7/h5,8-9H,2-4H2,1H3/t5-,6+/m1/s1. The second-order valence-electron chi connectivity index (χ2n) is 2.79. The number of aliphatic hydroxyl groups is 1. The minimum absolute atomic E-state index is 0.369. The van der Waals surface area contributed by atoms with Gasteiger partial charge in [0.25, 0.3) is 0 Å². The highest BCUT2D eigenvalue weighted by atomic mass is 19.1. The third-order valence-electron chi connectivity index (χ3n) is 1.73. The lowest BCUT2D eigenvalue weighted by atomic mass is 9.95. The largest absolute Gasteiger partial charge is 0.386 e. The van der Waals surface area contributed by atoms with Crippen LogP contribution in [-0.4, -0.2) is 30.0 Å². The molecule has 3 heteroatoms. The van der Waals surface area contributed by atoms with Crippen LogP contribution >= 0.6 is 0 Å². The van der Waals surface area contributed by atoms with Gasteiger partial charge in [0.2, 0.25) is 0 Å². The van der Waals surface area contributed by atoms with Crippen molar-refractivity contribution in [3.8, 4) is 0 Å². The van der Waals surface area contributed by atoms with E-state index in [1.165, 1.54) is 6.92 Å². The molecule has 1 fully saturated rings. The summed E-state index contributed by atoms with van der Waals surface area (Å²) in [5, 5.41) is 12.1. The predicted octanol–water partition coefficient (Wildman–Crippen LogP) is 0.0688. The molecule has 2 N–H and O–H groups in total. The average molecular weight is 133 g/mol. The van der Waals surface area contributed by atoms with E-state index in [-0.39, 0.29) is 0 Å². The normalized spacial score (nSPS) is 45.0. The summed E-state index contributed by atoms with van der Waals surface area (Å²) in [5.41, 5.74) is -1.14. The second kappa shape index (κ2) is 2.23. The molecule has 9 heavy (non-hydrogen) atoms. The molecule has 0 aliphatic carbocycles. The van der Waals surface area contributed by atoms with Crippen LogP contribution in [0.3, 0.4) is 0 Å². The summed E-state index contributed by atoms with van der Waals surface area (Å²) in [6, 6.07) is 0. The molecule has 1 rings (SSSR count). The van der Waals surface area contributed by atoms with Crippen LogP contribution in [0, 0.1) is 0 Å². The van der Waals surface area contributed by atoms with Crippen molar-refractivity contribution in [1.29, 1.82) is 0 Å². The lowest BCUT2D eigenvalue weighted by molar-refractivity contribution is -0.0360. The molecule has 0 bridgehead atoms. The highest BCUT2D eigenvalue weighted by molar-refractivity contribution is 4.88. The molecular weight excluding hydrogens is 121 g/mol. The van der Waals surface area contributed by atoms with Crippen LogP contribution < -0.4 is 5.32 Å². The van der Waals surface area contributed by atoms with Gasteiger partial charge in [-0.3, -0.25) is 0 Å². The number of halogens is 1. The lowest BCUT2D eigenvalue weighted by Crippen LogP contribution is -2.51. The Balaban J connectivity index is 2.49. The van der Waals surface area contributed by atoms with Gasteiger partial charge in [-0.15, -0.1) is 0 Å². The van der Waals surface area contributed by atoms with Crippen molar-refractivity contribution in [1.82, 2.24) is 5.32 Å². The molecule has 0 aromatic heterocycles. The Morgan fingerprint density at radius 1 is 1.78 bits per heavy atom. The van der Waals surface area contributed by atoms with E-state index in [2.05, 4.69) is 5.32 Å². The summed E-state index contributed by atoms with van der Waals surface area (Å²) in [7, 11) is 0. The summed E-state index contributed by atoms with van der Waals surface area (Å²) in [4.78, 5) is 0. The summed E-state index contributed by atoms with van der Waals surface area (Å²) in [6.07, 6.45) is -0.633. The molecule has 1 aliphatic rings. The van der Waals surface area contributed by atoms with Gasteiger partial charge in [0, 0.05) is 6.54 Å². The molecule has 2 atom stereocenters. The minimum atomic E-state index is -1.14. The van der Waals surface area contributed by atoms with Crippen LogP contribution in [0.1, 0.15) is 13.3 Å². The van der Waals surface area contributed by atoms with Gasteiger partial charge in [-0.2, -0.15) is 0 Å². The van der Waals surface area contributed by atoms with E-state index in [1.54, 1.807) is 0 Å². The fourth-order valence-electron chi connectivity index (χ4n) is 0.992. The van der Waals surface area contributed by atoms with Gasteiger partial charge in [-0.25, -0.2) is 4.39 Å². The minimum Gasteiger partial charge on any atom is -0.386 e. The molecular formula is C6H12FNO. The smallest absolute Gasteiger partial charge is 0.131 e. The van der Waals surface area contributed by atoms with Crippen molar-refractivity contribution >= 4 is 0 Å². The van der Waals surface area contributed by atoms with Crippen LogP contribution in [0.5, 0.6) is 0 Å². The van der Waals surface area contributed by atoms with Gasteiger partial charge in [-0.05, 0) is 19.9 Å². The predicted molar refractivity (Wildman–Crippen MR) is 33.0 cm³/mol. The van der Waals surface area contributed by atoms with E-state index >= 15 is 0 Å². The maximum atomic E-state index is 12.7. The number of nitrogens with one attached hydrogen (secondary N) is 1. The zero-order valence-electron chi connectivity index (χ0n) is 5.52. The van der Waals surface area contributed by atoms with Gasteiger partial charge >= 0.3 is 0 Å². The van der Waals surface area contributed by atoms with Crippen LogP contribution in [0.25, 0.3) is 0 Å². The molecule has 0 saturated carbocycles. The van der Waals surface area contributed by atoms with E-state index < -0.39 is 11.8 Å². The molecule has 0 unspecified atom stereocenters. The van der Waals surface area contributed by atoms with Crippen LogP contribution in [-0.2, 0) is 0 Å². The van der Waals surface area contributed by atoms with E-state index in [4.69, 9.17) is 0 Å². The van der Waals surface area contributed by atoms with Gasteiger partial charge in [0.05, 0.1) is 0 Å². The van der Waals surface area contributed by atoms with Gasteiger partial charge in [0.1, 0.15) is 11.8 Å². The Morgan fingerprint density at radius 3 is 2.78 bits per heavy atom. The van der Waals surface area contributed by atoms with Crippen molar-refractivity contribution in [2.45, 2.75) is 25.1 Å². The molecule has 0 spiro atoms. The Bertz CT molecular complexity index is 105. The number of alkyl halides is 1. The van der Waals surface area contributed by atoms with E-state index in [1.807, 2.05) is 0 Å². The van der Waals surface area contributed by atoms with Gasteiger partial charge in [-0.1, -0.05) is 0 Å². The summed E-state index contributed by atoms with van der Waals surface area (Å²) >= 11 is 0. The lowest BCUT2D eigenvalue weighted by Gasteiger charge is -2.32. The Morgan fingerprint density at radius 2 is 2.44 bits per heavy atom. The average Bonchev–Trinajstić information content (AvgIpc) is 1.77. The first-order valence-electron chi connectivity index (χ1n) is 3.20. The fraction of sp³-hybridized carbons (Fsp3) is 1.00. The Hall–Kier alpha value is -0.150. The molecule has 0 radical (unpaired) electrons. The summed E-state index contributed by atoms with van der Waals surface area (Å²) < 4.78 is 12.7. The summed E-state index contributed by atoms with van der Waals surface area (Å²) in [6.45, 7) is 2.56. The quantitative estimate of drug-likeness (QED) is 0.490. The van der Waals surface area contributed by atoms with Crippen LogP contribution in [0.4, 0.5) is 4.39 Å². The highest BCUT2D eigenvalue weighted by Crippen LogP contribution is 2.18. The first-order chi connectivity index (χ1) is 4.13. The zero-order valence-corrected chi connectivity index (χ0v) is 5.52. The third kappa shape index (κ3) is 1.40. The Labute approximate surface area is 54.1 Å². The molecule has 1 saturated heterocycles. The number of piperidine rings is 1. The zero-order chi connectivity index (χ0) is 6.91. The van der Waals surface area contributed by atoms with Gasteiger partial charge < -0.3 is 10.4 Å². The van der Waals surface area contributed by atoms with Crippen LogP contribution in [0.2, 0.25) is 0 Å². The van der Waals surface area contributed by atoms with Crippen molar-refractivity contribution in [3.05, 3.63) is 0 Å². The SMILES string of the molecule is C[C@]1(O)CNCC[C@H]1F. The van der Waals surface area contributed by atoms with Gasteiger partial charge in [0.15, 0.2) is 0 Å². The second-order valence-corrected chi connectivity index (χ2v) is 2.79. The molecule has 54 valence electrons. The monoisotopic (exact) mass is 133 g/mol. The van der Waals surface area contributed by atoms with E-state index in [0.29, 0.717) is 19.5 Å². The highest BCUT2D eigenvalue weighted by Gasteiger charge is 2.34. The van der Waals surface area contributed by atoms with Crippen molar-refractivity contribution < 1.29 is 9.50 Å². The molecule has 1 heterocycles. The number of hydrogen-bond acceptors (Lipinski definition) is 2. The fourth-order valence-corrected chi connectivity index (χ4v) is 0.992. The molecule has 2 nitrogen and oxygen atoms in total. The number of β-amino-alcohol motifs (C(OH)–C–C–N with tert-alkyl or cyclic N) is 1. The van der Waals surface area contributed by atoms with Crippen LogP contribution in [0.15, 0.2) is 0 Å². The molecule has 0 aromatic rings. The van der Waals surface area contributed by atoms with Crippen molar-refractivity contribution in [3.63, 3.8) is 0 Å². The van der Waals surface area contributed by atoms with E-state index in [0.717, 1.165) is 0 Å². The third-order valence-corrected chi connectivity index (χ3v) is 1.73. The van der Waals surface area contributed by atoms with Crippen molar-refractivity contribution in [2.75, 3.05) is 13.1 Å². The maximum absolute atomic E-state index is 12.7. The maximum Gasteiger partial charge on any atom is 0.131 e. The number of rotatable bonds is 0. The summed E-state index contributed by atoms with van der Waals surface area (Å²) in [5.74, 6) is 0. The molecule has 0 aromatic carbocycles. The van der Waals surface area contributed by atoms with Crippen molar-refractivity contribution in [2.24, 2.45) is 0 Å². The number of hydrogen-bond donors (Lipinski definition) is 2. The first kappa shape index (κ1) is 6.96. The topological polar surface area (TPSA) is 32.3 Å². The molecule has 1 aliphatic heterocycles. The molecule has 0 amide bonds.